The van der Waals surface area contributed by atoms with Gasteiger partial charge in [0.1, 0.15) is 5.75 Å². The molecule has 5 nitrogen and oxygen atoms in total. The van der Waals surface area contributed by atoms with E-state index in [1.807, 2.05) is 12.2 Å². The highest BCUT2D eigenvalue weighted by atomic mass is 35.5. The van der Waals surface area contributed by atoms with Gasteiger partial charge in [-0.25, -0.2) is 4.99 Å². The number of hydrogen-bond donors (Lipinski definition) is 1. The fraction of sp³-hybridized carbons (Fsp3) is 0.250. The van der Waals surface area contributed by atoms with Crippen molar-refractivity contribution in [2.24, 2.45) is 10.9 Å². The van der Waals surface area contributed by atoms with Crippen LogP contribution in [0.5, 0.6) is 5.75 Å². The zero-order valence-electron chi connectivity index (χ0n) is 14.2. The van der Waals surface area contributed by atoms with Crippen LogP contribution in [-0.4, -0.2) is 24.6 Å². The van der Waals surface area contributed by atoms with Crippen molar-refractivity contribution >= 4 is 29.1 Å². The minimum atomic E-state index is -0.442. The quantitative estimate of drug-likeness (QED) is 0.867. The summed E-state index contributed by atoms with van der Waals surface area (Å²) in [7, 11) is 1.49. The summed E-state index contributed by atoms with van der Waals surface area (Å²) in [6.07, 6.45) is 8.39. The van der Waals surface area contributed by atoms with E-state index in [2.05, 4.69) is 10.3 Å². The number of carbonyl (C=O) groups excluding carboxylic acids is 2. The monoisotopic (exact) mass is 368 g/mol. The van der Waals surface area contributed by atoms with Crippen molar-refractivity contribution in [1.29, 1.82) is 0 Å². The Morgan fingerprint density at radius 1 is 1.35 bits per heavy atom. The Bertz CT molecular complexity index is 940. The number of hydrogen-bond acceptors (Lipinski definition) is 3. The van der Waals surface area contributed by atoms with Gasteiger partial charge in [-0.2, -0.15) is 0 Å². The highest BCUT2D eigenvalue weighted by Gasteiger charge is 2.34. The first-order valence-electron chi connectivity index (χ1n) is 8.46. The van der Waals surface area contributed by atoms with Crippen molar-refractivity contribution in [3.8, 4) is 5.75 Å². The number of benzene rings is 1. The van der Waals surface area contributed by atoms with Crippen molar-refractivity contribution in [2.45, 2.75) is 19.3 Å². The summed E-state index contributed by atoms with van der Waals surface area (Å²) in [5.41, 5.74) is 3.68. The molecular formula is C20H17ClN2O3. The van der Waals surface area contributed by atoms with Gasteiger partial charge in [0, 0.05) is 22.2 Å². The van der Waals surface area contributed by atoms with Crippen LogP contribution in [0.3, 0.4) is 0 Å². The Morgan fingerprint density at radius 3 is 3.00 bits per heavy atom. The number of allylic oxidation sites excluding steroid dienone is 3. The van der Waals surface area contributed by atoms with Crippen LogP contribution in [-0.2, 0) is 4.79 Å². The molecule has 0 saturated heterocycles. The fourth-order valence-electron chi connectivity index (χ4n) is 3.68. The summed E-state index contributed by atoms with van der Waals surface area (Å²) in [6, 6.07) is 4.82. The summed E-state index contributed by atoms with van der Waals surface area (Å²) in [5.74, 6) is 0.0282. The van der Waals surface area contributed by atoms with Gasteiger partial charge in [-0.05, 0) is 55.2 Å². The number of fused-ring (bicyclic) bond motifs is 2. The van der Waals surface area contributed by atoms with Crippen molar-refractivity contribution in [2.75, 3.05) is 7.11 Å². The lowest BCUT2D eigenvalue weighted by Crippen LogP contribution is -2.35. The number of methoxy groups -OCH3 is 1. The Kier molecular flexibility index (Phi) is 4.24. The van der Waals surface area contributed by atoms with Crippen molar-refractivity contribution in [1.82, 2.24) is 5.32 Å². The van der Waals surface area contributed by atoms with Crippen LogP contribution >= 0.6 is 11.6 Å². The molecule has 3 aliphatic rings. The maximum Gasteiger partial charge on any atom is 0.281 e. The van der Waals surface area contributed by atoms with Gasteiger partial charge >= 0.3 is 0 Å². The number of nitrogens with one attached hydrogen (secondary N) is 1. The number of aliphatic imine (C=N–C) groups is 1. The van der Waals surface area contributed by atoms with Gasteiger partial charge < -0.3 is 10.1 Å². The second-order valence-electron chi connectivity index (χ2n) is 6.43. The third-order valence-electron chi connectivity index (χ3n) is 4.89. The molecule has 1 unspecified atom stereocenters. The van der Waals surface area contributed by atoms with Crippen LogP contribution in [0.25, 0.3) is 0 Å². The number of rotatable bonds is 2. The zero-order chi connectivity index (χ0) is 18.3. The first-order valence-corrected chi connectivity index (χ1v) is 8.84. The van der Waals surface area contributed by atoms with E-state index in [1.165, 1.54) is 18.7 Å². The molecule has 1 atom stereocenters. The van der Waals surface area contributed by atoms with Crippen molar-refractivity contribution in [3.63, 3.8) is 0 Å². The number of halogens is 1. The molecule has 4 rings (SSSR count). The highest BCUT2D eigenvalue weighted by molar-refractivity contribution is 6.31. The van der Waals surface area contributed by atoms with Crippen LogP contribution in [0.1, 0.15) is 29.6 Å². The van der Waals surface area contributed by atoms with E-state index >= 15 is 0 Å². The van der Waals surface area contributed by atoms with Crippen LogP contribution in [0, 0.1) is 5.92 Å². The molecule has 0 saturated carbocycles. The third kappa shape index (κ3) is 2.88. The maximum atomic E-state index is 12.6. The Labute approximate surface area is 156 Å². The average molecular weight is 369 g/mol. The first-order chi connectivity index (χ1) is 12.6. The van der Waals surface area contributed by atoms with Crippen LogP contribution in [0.15, 0.2) is 58.3 Å². The van der Waals surface area contributed by atoms with Crippen molar-refractivity contribution in [3.05, 3.63) is 63.9 Å². The summed E-state index contributed by atoms with van der Waals surface area (Å²) in [5, 5.41) is 3.38. The molecular weight excluding hydrogens is 352 g/mol. The molecule has 2 aliphatic carbocycles. The molecule has 0 aromatic heterocycles. The molecule has 1 heterocycles. The number of ether oxygens (including phenoxy) is 1. The molecule has 6 heteroatoms. The van der Waals surface area contributed by atoms with Gasteiger partial charge in [0.2, 0.25) is 0 Å². The van der Waals surface area contributed by atoms with Crippen molar-refractivity contribution < 1.29 is 14.3 Å². The predicted octanol–water partition coefficient (Wildman–Crippen LogP) is 3.61. The first kappa shape index (κ1) is 16.8. The van der Waals surface area contributed by atoms with Crippen LogP contribution in [0.4, 0.5) is 0 Å². The lowest BCUT2D eigenvalue weighted by molar-refractivity contribution is -0.117. The minimum Gasteiger partial charge on any atom is -0.496 e. The molecule has 1 aromatic carbocycles. The van der Waals surface area contributed by atoms with Gasteiger partial charge in [-0.15, -0.1) is 0 Å². The summed E-state index contributed by atoms with van der Waals surface area (Å²) >= 11 is 5.98. The largest absolute Gasteiger partial charge is 0.496 e. The molecule has 2 amide bonds. The smallest absolute Gasteiger partial charge is 0.281 e. The lowest BCUT2D eigenvalue weighted by Gasteiger charge is -2.28. The normalized spacial score (nSPS) is 22.7. The van der Waals surface area contributed by atoms with Crippen LogP contribution in [0.2, 0.25) is 5.02 Å². The van der Waals surface area contributed by atoms with Gasteiger partial charge in [0.25, 0.3) is 11.8 Å². The Balaban J connectivity index is 1.65. The Hall–Kier alpha value is -2.66. The minimum absolute atomic E-state index is 0.0301. The second-order valence-corrected chi connectivity index (χ2v) is 6.87. The molecule has 26 heavy (non-hydrogen) atoms. The fourth-order valence-corrected chi connectivity index (χ4v) is 3.86. The molecule has 0 spiro atoms. The molecule has 0 radical (unpaired) electrons. The van der Waals surface area contributed by atoms with E-state index in [0.29, 0.717) is 22.0 Å². The second kappa shape index (κ2) is 6.57. The maximum absolute atomic E-state index is 12.6. The van der Waals surface area contributed by atoms with E-state index in [4.69, 9.17) is 16.3 Å². The molecule has 132 valence electrons. The molecule has 1 aliphatic heterocycles. The predicted molar refractivity (Wildman–Crippen MR) is 99.5 cm³/mol. The zero-order valence-corrected chi connectivity index (χ0v) is 15.0. The number of amides is 2. The number of carbonyl (C=O) groups is 2. The van der Waals surface area contributed by atoms with Gasteiger partial charge in [0.05, 0.1) is 18.4 Å². The van der Waals surface area contributed by atoms with Crippen LogP contribution < -0.4 is 10.1 Å². The highest BCUT2D eigenvalue weighted by Crippen LogP contribution is 2.39. The lowest BCUT2D eigenvalue weighted by atomic mass is 9.85. The SMILES string of the molecule is COc1ccc(Cl)cc1C(=O)N=C1C=CC2C(=C1)NC(=O)C1=C2CCC1. The van der Waals surface area contributed by atoms with E-state index in [0.717, 1.165) is 30.5 Å². The van der Waals surface area contributed by atoms with E-state index in [1.54, 1.807) is 18.2 Å². The molecule has 1 aromatic rings. The summed E-state index contributed by atoms with van der Waals surface area (Å²) in [6.45, 7) is 0. The van der Waals surface area contributed by atoms with E-state index < -0.39 is 5.91 Å². The topological polar surface area (TPSA) is 67.8 Å². The van der Waals surface area contributed by atoms with Gasteiger partial charge in [-0.3, -0.25) is 9.59 Å². The molecule has 1 N–H and O–H groups in total. The third-order valence-corrected chi connectivity index (χ3v) is 5.12. The van der Waals surface area contributed by atoms with Gasteiger partial charge in [0.15, 0.2) is 0 Å². The Morgan fingerprint density at radius 2 is 2.19 bits per heavy atom. The van der Waals surface area contributed by atoms with E-state index in [-0.39, 0.29) is 11.8 Å². The standard InChI is InChI=1S/C20H17ClN2O3/c1-26-18-8-5-11(21)9-16(18)20(25)22-12-6-7-14-13-3-2-4-15(13)19(24)23-17(14)10-12/h5-10,14H,2-4H2,1H3,(H,23,24). The number of nitrogens with zero attached hydrogens (tertiary/aromatic N) is 1. The van der Waals surface area contributed by atoms with E-state index in [9.17, 15) is 9.59 Å². The summed E-state index contributed by atoms with van der Waals surface area (Å²) in [4.78, 5) is 29.0. The molecule has 0 bridgehead atoms. The summed E-state index contributed by atoms with van der Waals surface area (Å²) < 4.78 is 5.21. The molecule has 0 fully saturated rings. The average Bonchev–Trinajstić information content (AvgIpc) is 3.12. The van der Waals surface area contributed by atoms with Gasteiger partial charge in [-0.1, -0.05) is 17.7 Å².